The van der Waals surface area contributed by atoms with E-state index in [0.717, 1.165) is 12.8 Å². The molecule has 1 unspecified atom stereocenters. The van der Waals surface area contributed by atoms with Crippen LogP contribution in [-0.2, 0) is 6.42 Å². The number of unbranched alkanes of at least 4 members (excludes halogenated alkanes) is 11. The fourth-order valence-corrected chi connectivity index (χ4v) is 4.02. The SMILES string of the molecule is CCCCCCCCCCCCCCC(Cl)C(C)(C)Cc1ccccc1. The predicted molar refractivity (Wildman–Crippen MR) is 119 cm³/mol. The van der Waals surface area contributed by atoms with Crippen molar-refractivity contribution in [2.75, 3.05) is 0 Å². The zero-order chi connectivity index (χ0) is 19.1. The summed E-state index contributed by atoms with van der Waals surface area (Å²) in [6, 6.07) is 10.8. The summed E-state index contributed by atoms with van der Waals surface area (Å²) in [5.41, 5.74) is 1.57. The molecule has 1 aromatic carbocycles. The van der Waals surface area contributed by atoms with Crippen molar-refractivity contribution in [3.05, 3.63) is 35.9 Å². The number of alkyl halides is 1. The van der Waals surface area contributed by atoms with Gasteiger partial charge < -0.3 is 0 Å². The minimum absolute atomic E-state index is 0.167. The molecule has 0 saturated carbocycles. The average Bonchev–Trinajstić information content (AvgIpc) is 2.63. The molecule has 1 aromatic rings. The maximum absolute atomic E-state index is 6.76. The molecule has 0 nitrogen and oxygen atoms in total. The van der Waals surface area contributed by atoms with Crippen LogP contribution in [0, 0.1) is 5.41 Å². The summed E-state index contributed by atoms with van der Waals surface area (Å²) in [6.07, 6.45) is 19.1. The Morgan fingerprint density at radius 2 is 1.19 bits per heavy atom. The van der Waals surface area contributed by atoms with Gasteiger partial charge in [0.2, 0.25) is 0 Å². The van der Waals surface area contributed by atoms with Gasteiger partial charge in [0.15, 0.2) is 0 Å². The molecule has 0 heterocycles. The van der Waals surface area contributed by atoms with Gasteiger partial charge in [0.1, 0.15) is 0 Å². The lowest BCUT2D eigenvalue weighted by atomic mass is 9.80. The molecule has 150 valence electrons. The van der Waals surface area contributed by atoms with E-state index >= 15 is 0 Å². The van der Waals surface area contributed by atoms with E-state index in [-0.39, 0.29) is 10.8 Å². The van der Waals surface area contributed by atoms with E-state index in [1.807, 2.05) is 0 Å². The van der Waals surface area contributed by atoms with E-state index in [0.29, 0.717) is 0 Å². The van der Waals surface area contributed by atoms with Crippen molar-refractivity contribution in [2.45, 2.75) is 116 Å². The summed E-state index contributed by atoms with van der Waals surface area (Å²) in [5, 5.41) is 0.269. The summed E-state index contributed by atoms with van der Waals surface area (Å²) < 4.78 is 0. The summed E-state index contributed by atoms with van der Waals surface area (Å²) in [7, 11) is 0. The van der Waals surface area contributed by atoms with E-state index in [1.54, 1.807) is 0 Å². The molecule has 0 N–H and O–H groups in total. The lowest BCUT2D eigenvalue weighted by molar-refractivity contribution is 0.324. The second-order valence-corrected chi connectivity index (χ2v) is 9.32. The smallest absolute Gasteiger partial charge is 0.0390 e. The number of rotatable bonds is 16. The van der Waals surface area contributed by atoms with Crippen molar-refractivity contribution < 1.29 is 0 Å². The molecule has 0 saturated heterocycles. The van der Waals surface area contributed by atoms with Crippen molar-refractivity contribution in [1.29, 1.82) is 0 Å². The van der Waals surface area contributed by atoms with E-state index in [2.05, 4.69) is 51.1 Å². The second kappa shape index (κ2) is 14.6. The van der Waals surface area contributed by atoms with Gasteiger partial charge >= 0.3 is 0 Å². The summed E-state index contributed by atoms with van der Waals surface area (Å²) in [6.45, 7) is 6.92. The molecule has 26 heavy (non-hydrogen) atoms. The maximum atomic E-state index is 6.76. The van der Waals surface area contributed by atoms with Gasteiger partial charge in [-0.3, -0.25) is 0 Å². The molecule has 0 fully saturated rings. The largest absolute Gasteiger partial charge is 0.122 e. The zero-order valence-corrected chi connectivity index (χ0v) is 18.5. The molecule has 0 aliphatic heterocycles. The maximum Gasteiger partial charge on any atom is 0.0390 e. The topological polar surface area (TPSA) is 0 Å². The van der Waals surface area contributed by atoms with Crippen molar-refractivity contribution >= 4 is 11.6 Å². The van der Waals surface area contributed by atoms with Crippen LogP contribution in [0.25, 0.3) is 0 Å². The third kappa shape index (κ3) is 11.3. The van der Waals surface area contributed by atoms with Crippen LogP contribution < -0.4 is 0 Å². The molecule has 1 atom stereocenters. The molecule has 0 spiro atoms. The quantitative estimate of drug-likeness (QED) is 0.199. The lowest BCUT2D eigenvalue weighted by Gasteiger charge is -2.30. The van der Waals surface area contributed by atoms with Crippen LogP contribution in [0.1, 0.15) is 110 Å². The molecular formula is C25H43Cl. The Kier molecular flexibility index (Phi) is 13.2. The van der Waals surface area contributed by atoms with Gasteiger partial charge in [-0.05, 0) is 23.8 Å². The molecule has 1 rings (SSSR count). The van der Waals surface area contributed by atoms with Gasteiger partial charge in [0, 0.05) is 5.38 Å². The molecule has 1 heteroatoms. The van der Waals surface area contributed by atoms with Gasteiger partial charge in [-0.1, -0.05) is 128 Å². The average molecular weight is 379 g/mol. The molecule has 0 bridgehead atoms. The van der Waals surface area contributed by atoms with Crippen molar-refractivity contribution in [3.63, 3.8) is 0 Å². The van der Waals surface area contributed by atoms with Crippen molar-refractivity contribution in [1.82, 2.24) is 0 Å². The van der Waals surface area contributed by atoms with Crippen molar-refractivity contribution in [2.24, 2.45) is 5.41 Å². The van der Waals surface area contributed by atoms with Gasteiger partial charge in [0.05, 0.1) is 0 Å². The van der Waals surface area contributed by atoms with Crippen LogP contribution in [-0.4, -0.2) is 5.38 Å². The summed E-state index contributed by atoms with van der Waals surface area (Å²) >= 11 is 6.76. The Morgan fingerprint density at radius 3 is 1.69 bits per heavy atom. The van der Waals surface area contributed by atoms with E-state index in [4.69, 9.17) is 11.6 Å². The molecule has 0 radical (unpaired) electrons. The number of halogens is 1. The van der Waals surface area contributed by atoms with E-state index in [1.165, 1.54) is 82.6 Å². The minimum Gasteiger partial charge on any atom is -0.122 e. The fourth-order valence-electron chi connectivity index (χ4n) is 3.79. The van der Waals surface area contributed by atoms with E-state index < -0.39 is 0 Å². The highest BCUT2D eigenvalue weighted by Crippen LogP contribution is 2.33. The Morgan fingerprint density at radius 1 is 0.731 bits per heavy atom. The Balaban J connectivity index is 1.99. The van der Waals surface area contributed by atoms with Crippen LogP contribution in [0.2, 0.25) is 0 Å². The van der Waals surface area contributed by atoms with Crippen LogP contribution >= 0.6 is 11.6 Å². The Hall–Kier alpha value is -0.490. The number of hydrogen-bond acceptors (Lipinski definition) is 0. The second-order valence-electron chi connectivity index (χ2n) is 8.80. The summed E-state index contributed by atoms with van der Waals surface area (Å²) in [4.78, 5) is 0. The standard InChI is InChI=1S/C25H43Cl/c1-4-5-6-7-8-9-10-11-12-13-14-18-21-24(26)25(2,3)22-23-19-16-15-17-20-23/h15-17,19-20,24H,4-14,18,21-22H2,1-3H3. The van der Waals surface area contributed by atoms with Gasteiger partial charge in [0.25, 0.3) is 0 Å². The van der Waals surface area contributed by atoms with Gasteiger partial charge in [-0.25, -0.2) is 0 Å². The van der Waals surface area contributed by atoms with Gasteiger partial charge in [-0.15, -0.1) is 11.6 Å². The van der Waals surface area contributed by atoms with Crippen LogP contribution in [0.3, 0.4) is 0 Å². The number of hydrogen-bond donors (Lipinski definition) is 0. The van der Waals surface area contributed by atoms with Crippen LogP contribution in [0.15, 0.2) is 30.3 Å². The Bertz CT molecular complexity index is 423. The van der Waals surface area contributed by atoms with E-state index in [9.17, 15) is 0 Å². The highest BCUT2D eigenvalue weighted by molar-refractivity contribution is 6.21. The third-order valence-electron chi connectivity index (χ3n) is 5.66. The normalized spacial score (nSPS) is 13.1. The molecular weight excluding hydrogens is 336 g/mol. The lowest BCUT2D eigenvalue weighted by Crippen LogP contribution is -2.27. The molecule has 0 aliphatic rings. The Labute approximate surface area is 169 Å². The first kappa shape index (κ1) is 23.5. The van der Waals surface area contributed by atoms with Crippen LogP contribution in [0.5, 0.6) is 0 Å². The highest BCUT2D eigenvalue weighted by Gasteiger charge is 2.27. The molecule has 0 amide bonds. The monoisotopic (exact) mass is 378 g/mol. The fraction of sp³-hybridized carbons (Fsp3) is 0.760. The first-order chi connectivity index (χ1) is 12.6. The third-order valence-corrected chi connectivity index (χ3v) is 6.47. The first-order valence-electron chi connectivity index (χ1n) is 11.2. The minimum atomic E-state index is 0.167. The summed E-state index contributed by atoms with van der Waals surface area (Å²) in [5.74, 6) is 0. The predicted octanol–water partition coefficient (Wildman–Crippen LogP) is 8.95. The van der Waals surface area contributed by atoms with Crippen LogP contribution in [0.4, 0.5) is 0 Å². The van der Waals surface area contributed by atoms with Crippen molar-refractivity contribution in [3.8, 4) is 0 Å². The molecule has 0 aliphatic carbocycles. The number of benzene rings is 1. The molecule has 0 aromatic heterocycles. The van der Waals surface area contributed by atoms with Gasteiger partial charge in [-0.2, -0.15) is 0 Å². The first-order valence-corrected chi connectivity index (χ1v) is 11.7. The highest BCUT2D eigenvalue weighted by atomic mass is 35.5. The zero-order valence-electron chi connectivity index (χ0n) is 17.7.